The molecule has 4 atom stereocenters. The third-order valence-electron chi connectivity index (χ3n) is 5.34. The highest BCUT2D eigenvalue weighted by atomic mass is 16.5. The van der Waals surface area contributed by atoms with Crippen LogP contribution in [0, 0.1) is 23.7 Å². The van der Waals surface area contributed by atoms with Crippen molar-refractivity contribution in [3.63, 3.8) is 0 Å². The van der Waals surface area contributed by atoms with Gasteiger partial charge in [0.25, 0.3) is 5.56 Å². The molecule has 0 spiro atoms. The molecule has 2 heterocycles. The van der Waals surface area contributed by atoms with Crippen LogP contribution in [0.3, 0.4) is 0 Å². The van der Waals surface area contributed by atoms with Gasteiger partial charge in [0.05, 0.1) is 18.4 Å². The van der Waals surface area contributed by atoms with Crippen molar-refractivity contribution in [3.8, 4) is 0 Å². The maximum Gasteiger partial charge on any atom is 0.328 e. The van der Waals surface area contributed by atoms with Crippen LogP contribution in [0.2, 0.25) is 0 Å². The first-order chi connectivity index (χ1) is 12.5. The molecule has 1 aliphatic heterocycles. The Morgan fingerprint density at radius 1 is 1.12 bits per heavy atom. The van der Waals surface area contributed by atoms with Crippen molar-refractivity contribution in [1.29, 1.82) is 0 Å². The minimum absolute atomic E-state index is 0.0103. The Morgan fingerprint density at radius 3 is 2.38 bits per heavy atom. The number of carbonyl (C=O) groups excluding carboxylic acids is 3. The summed E-state index contributed by atoms with van der Waals surface area (Å²) in [6, 6.07) is 1.12. The molecule has 1 N–H and O–H groups in total. The summed E-state index contributed by atoms with van der Waals surface area (Å²) >= 11 is 0. The molecule has 1 saturated carbocycles. The van der Waals surface area contributed by atoms with E-state index in [1.165, 1.54) is 11.1 Å². The summed E-state index contributed by atoms with van der Waals surface area (Å²) in [7, 11) is 0. The number of nitrogens with one attached hydrogen (secondary N) is 1. The molecular weight excluding hydrogens is 342 g/mol. The number of ether oxygens (including phenoxy) is 1. The van der Waals surface area contributed by atoms with E-state index in [-0.39, 0.29) is 55.2 Å². The van der Waals surface area contributed by atoms with Gasteiger partial charge in [-0.3, -0.25) is 33.6 Å². The van der Waals surface area contributed by atoms with Crippen LogP contribution in [-0.4, -0.2) is 45.4 Å². The van der Waals surface area contributed by atoms with Gasteiger partial charge in [0.1, 0.15) is 13.2 Å². The lowest BCUT2D eigenvalue weighted by atomic mass is 9.85. The highest BCUT2D eigenvalue weighted by molar-refractivity contribution is 6.06. The Bertz CT molecular complexity index is 899. The predicted octanol–water partition coefficient (Wildman–Crippen LogP) is -1.11. The van der Waals surface area contributed by atoms with Gasteiger partial charge in [-0.15, -0.1) is 0 Å². The zero-order valence-corrected chi connectivity index (χ0v) is 13.8. The second-order valence-corrected chi connectivity index (χ2v) is 6.79. The van der Waals surface area contributed by atoms with Crippen LogP contribution in [0.4, 0.5) is 0 Å². The van der Waals surface area contributed by atoms with Gasteiger partial charge >= 0.3 is 11.7 Å². The van der Waals surface area contributed by atoms with Crippen LogP contribution in [0.25, 0.3) is 0 Å². The number of H-pyrrole nitrogens is 1. The molecule has 4 rings (SSSR count). The Balaban J connectivity index is 1.32. The standard InChI is InChI=1S/C17H17N3O6/c21-11-3-4-19(17(25)18-11)8-12(22)26-6-5-20-15(23)13-9-1-2-10(7-9)14(13)16(20)24/h1-4,9-10,13-14H,5-8H2,(H,18,21,25)/t9-,10+,13+,14-. The summed E-state index contributed by atoms with van der Waals surface area (Å²) in [5.74, 6) is -1.34. The number of fused-ring (bicyclic) bond motifs is 5. The number of nitrogens with zero attached hydrogens (tertiary/aromatic N) is 2. The van der Waals surface area contributed by atoms with E-state index in [1.807, 2.05) is 17.1 Å². The van der Waals surface area contributed by atoms with Crippen molar-refractivity contribution in [2.24, 2.45) is 23.7 Å². The monoisotopic (exact) mass is 359 g/mol. The van der Waals surface area contributed by atoms with Crippen molar-refractivity contribution in [2.45, 2.75) is 13.0 Å². The van der Waals surface area contributed by atoms with Crippen LogP contribution in [-0.2, 0) is 25.7 Å². The van der Waals surface area contributed by atoms with Gasteiger partial charge < -0.3 is 4.74 Å². The molecule has 0 radical (unpaired) electrons. The van der Waals surface area contributed by atoms with Crippen LogP contribution >= 0.6 is 0 Å². The molecule has 136 valence electrons. The smallest absolute Gasteiger partial charge is 0.328 e. The molecule has 2 bridgehead atoms. The SMILES string of the molecule is O=C(Cn1ccc(=O)[nH]c1=O)OCCN1C(=O)[C@@H]2[C@H](C1=O)[C@H]1C=C[C@@H]2C1. The second-order valence-electron chi connectivity index (χ2n) is 6.79. The molecule has 0 aromatic carbocycles. The highest BCUT2D eigenvalue weighted by Gasteiger charge is 2.59. The fourth-order valence-electron chi connectivity index (χ4n) is 4.19. The van der Waals surface area contributed by atoms with E-state index in [4.69, 9.17) is 4.74 Å². The average molecular weight is 359 g/mol. The van der Waals surface area contributed by atoms with Gasteiger partial charge in [0, 0.05) is 12.3 Å². The van der Waals surface area contributed by atoms with E-state index < -0.39 is 17.2 Å². The fraction of sp³-hybridized carbons (Fsp3) is 0.471. The van der Waals surface area contributed by atoms with E-state index in [9.17, 15) is 24.0 Å². The van der Waals surface area contributed by atoms with Crippen LogP contribution in [0.5, 0.6) is 0 Å². The zero-order chi connectivity index (χ0) is 18.4. The number of esters is 1. The summed E-state index contributed by atoms with van der Waals surface area (Å²) < 4.78 is 6.03. The van der Waals surface area contributed by atoms with Crippen molar-refractivity contribution >= 4 is 17.8 Å². The summed E-state index contributed by atoms with van der Waals surface area (Å²) in [6.07, 6.45) is 6.09. The van der Waals surface area contributed by atoms with Gasteiger partial charge in [-0.1, -0.05) is 12.2 Å². The molecule has 9 heteroatoms. The van der Waals surface area contributed by atoms with Crippen molar-refractivity contribution in [3.05, 3.63) is 45.3 Å². The first kappa shape index (κ1) is 16.5. The molecule has 0 unspecified atom stereocenters. The average Bonchev–Trinajstić information content (AvgIpc) is 3.27. The number of imide groups is 1. The summed E-state index contributed by atoms with van der Waals surface area (Å²) in [5, 5.41) is 0. The topological polar surface area (TPSA) is 119 Å². The Morgan fingerprint density at radius 2 is 1.77 bits per heavy atom. The minimum atomic E-state index is -0.713. The molecule has 1 aromatic rings. The Hall–Kier alpha value is -2.97. The Kier molecular flexibility index (Phi) is 3.86. The lowest BCUT2D eigenvalue weighted by Crippen LogP contribution is -2.36. The number of aromatic amines is 1. The Labute approximate surface area is 147 Å². The molecule has 3 aliphatic rings. The lowest BCUT2D eigenvalue weighted by Gasteiger charge is -2.17. The third-order valence-corrected chi connectivity index (χ3v) is 5.34. The van der Waals surface area contributed by atoms with E-state index in [2.05, 4.69) is 0 Å². The number of aromatic nitrogens is 2. The molecular formula is C17H17N3O6. The van der Waals surface area contributed by atoms with E-state index >= 15 is 0 Å². The largest absolute Gasteiger partial charge is 0.462 e. The normalized spacial score (nSPS) is 28.7. The van der Waals surface area contributed by atoms with Crippen molar-refractivity contribution < 1.29 is 19.1 Å². The summed E-state index contributed by atoms with van der Waals surface area (Å²) in [5.41, 5.74) is -1.27. The van der Waals surface area contributed by atoms with Crippen molar-refractivity contribution in [2.75, 3.05) is 13.2 Å². The molecule has 2 aliphatic carbocycles. The zero-order valence-electron chi connectivity index (χ0n) is 13.8. The van der Waals surface area contributed by atoms with E-state index in [0.29, 0.717) is 0 Å². The predicted molar refractivity (Wildman–Crippen MR) is 86.7 cm³/mol. The number of carbonyl (C=O) groups is 3. The number of allylic oxidation sites excluding steroid dienone is 2. The first-order valence-electron chi connectivity index (χ1n) is 8.44. The number of hydrogen-bond acceptors (Lipinski definition) is 6. The number of likely N-dealkylation sites (tertiary alicyclic amines) is 1. The quantitative estimate of drug-likeness (QED) is 0.404. The lowest BCUT2D eigenvalue weighted by molar-refractivity contribution is -0.149. The van der Waals surface area contributed by atoms with E-state index in [0.717, 1.165) is 17.1 Å². The maximum atomic E-state index is 12.5. The molecule has 2 fully saturated rings. The van der Waals surface area contributed by atoms with Gasteiger partial charge in [-0.25, -0.2) is 4.79 Å². The van der Waals surface area contributed by atoms with Gasteiger partial charge in [-0.05, 0) is 18.3 Å². The number of rotatable bonds is 5. The van der Waals surface area contributed by atoms with Crippen LogP contribution < -0.4 is 11.2 Å². The second kappa shape index (κ2) is 6.08. The molecule has 9 nitrogen and oxygen atoms in total. The maximum absolute atomic E-state index is 12.5. The third kappa shape index (κ3) is 2.59. The highest BCUT2D eigenvalue weighted by Crippen LogP contribution is 2.52. The van der Waals surface area contributed by atoms with Gasteiger partial charge in [0.15, 0.2) is 0 Å². The van der Waals surface area contributed by atoms with E-state index in [1.54, 1.807) is 0 Å². The fourth-order valence-corrected chi connectivity index (χ4v) is 4.19. The molecule has 1 aromatic heterocycles. The molecule has 26 heavy (non-hydrogen) atoms. The van der Waals surface area contributed by atoms with Crippen molar-refractivity contribution in [1.82, 2.24) is 14.5 Å². The van der Waals surface area contributed by atoms with Gasteiger partial charge in [0.2, 0.25) is 11.8 Å². The summed E-state index contributed by atoms with van der Waals surface area (Å²) in [4.78, 5) is 62.5. The number of amides is 2. The first-order valence-corrected chi connectivity index (χ1v) is 8.44. The van der Waals surface area contributed by atoms with Gasteiger partial charge in [-0.2, -0.15) is 0 Å². The number of hydrogen-bond donors (Lipinski definition) is 1. The van der Waals surface area contributed by atoms with Crippen LogP contribution in [0.1, 0.15) is 6.42 Å². The molecule has 2 amide bonds. The van der Waals surface area contributed by atoms with Crippen LogP contribution in [0.15, 0.2) is 34.0 Å². The molecule has 1 saturated heterocycles. The summed E-state index contributed by atoms with van der Waals surface area (Å²) in [6.45, 7) is -0.482. The minimum Gasteiger partial charge on any atom is -0.462 e.